The molecule has 3 rings (SSSR count). The van der Waals surface area contributed by atoms with Gasteiger partial charge in [0.1, 0.15) is 11.6 Å². The molecule has 5 nitrogen and oxygen atoms in total. The molecule has 1 aliphatic heterocycles. The van der Waals surface area contributed by atoms with E-state index in [-0.39, 0.29) is 0 Å². The van der Waals surface area contributed by atoms with Crippen LogP contribution in [-0.4, -0.2) is 47.0 Å². The number of benzene rings is 1. The highest BCUT2D eigenvalue weighted by Crippen LogP contribution is 2.27. The number of methoxy groups -OCH3 is 1. The maximum absolute atomic E-state index is 5.27. The van der Waals surface area contributed by atoms with Gasteiger partial charge in [0.25, 0.3) is 0 Å². The van der Waals surface area contributed by atoms with E-state index in [2.05, 4.69) is 23.7 Å². The summed E-state index contributed by atoms with van der Waals surface area (Å²) in [6.45, 7) is 2.16. The molecule has 1 atom stereocenters. The number of aromatic nitrogens is 3. The Bertz CT molecular complexity index is 633. The minimum absolute atomic E-state index is 0.470. The first-order valence-corrected chi connectivity index (χ1v) is 10.0. The van der Waals surface area contributed by atoms with Gasteiger partial charge in [0.2, 0.25) is 0 Å². The van der Waals surface area contributed by atoms with Crippen LogP contribution in [0.1, 0.15) is 36.8 Å². The molecule has 24 heavy (non-hydrogen) atoms. The molecule has 0 spiro atoms. The summed E-state index contributed by atoms with van der Waals surface area (Å²) in [5.41, 5.74) is 1.06. The van der Waals surface area contributed by atoms with Crippen LogP contribution in [-0.2, 0) is 6.42 Å². The lowest BCUT2D eigenvalue weighted by atomic mass is 10.00. The van der Waals surface area contributed by atoms with Gasteiger partial charge in [-0.2, -0.15) is 16.9 Å². The molecule has 130 valence electrons. The average Bonchev–Trinajstić information content (AvgIpc) is 2.86. The van der Waals surface area contributed by atoms with E-state index >= 15 is 0 Å². The quantitative estimate of drug-likeness (QED) is 0.871. The summed E-state index contributed by atoms with van der Waals surface area (Å²) < 4.78 is 7.32. The van der Waals surface area contributed by atoms with Gasteiger partial charge < -0.3 is 10.1 Å². The van der Waals surface area contributed by atoms with Crippen LogP contribution in [0.3, 0.4) is 0 Å². The van der Waals surface area contributed by atoms with Gasteiger partial charge in [0.15, 0.2) is 5.82 Å². The molecule has 1 aliphatic rings. The summed E-state index contributed by atoms with van der Waals surface area (Å²) in [7, 11) is 1.69. The maximum atomic E-state index is 5.27. The first-order chi connectivity index (χ1) is 11.8. The van der Waals surface area contributed by atoms with Crippen molar-refractivity contribution in [3.8, 4) is 11.4 Å². The summed E-state index contributed by atoms with van der Waals surface area (Å²) in [6.07, 6.45) is 6.53. The maximum Gasteiger partial charge on any atom is 0.152 e. The third-order valence-electron chi connectivity index (χ3n) is 4.46. The zero-order valence-corrected chi connectivity index (χ0v) is 15.3. The first-order valence-electron chi connectivity index (χ1n) is 8.61. The number of nitrogens with zero attached hydrogens (tertiary/aromatic N) is 3. The van der Waals surface area contributed by atoms with Crippen molar-refractivity contribution in [3.05, 3.63) is 35.9 Å². The van der Waals surface area contributed by atoms with Crippen molar-refractivity contribution in [2.24, 2.45) is 0 Å². The molecule has 0 unspecified atom stereocenters. The van der Waals surface area contributed by atoms with Crippen molar-refractivity contribution in [2.75, 3.05) is 32.2 Å². The Balaban J connectivity index is 1.93. The summed E-state index contributed by atoms with van der Waals surface area (Å²) in [6, 6.07) is 8.09. The van der Waals surface area contributed by atoms with Crippen molar-refractivity contribution in [3.63, 3.8) is 0 Å². The second kappa shape index (κ2) is 8.53. The van der Waals surface area contributed by atoms with Gasteiger partial charge in [0, 0.05) is 18.1 Å². The van der Waals surface area contributed by atoms with Gasteiger partial charge in [-0.3, -0.25) is 0 Å². The Labute approximate surface area is 148 Å². The fraction of sp³-hybridized carbons (Fsp3) is 0.556. The van der Waals surface area contributed by atoms with Crippen LogP contribution in [0, 0.1) is 0 Å². The Morgan fingerprint density at radius 3 is 2.83 bits per heavy atom. The van der Waals surface area contributed by atoms with Crippen molar-refractivity contribution in [1.29, 1.82) is 0 Å². The van der Waals surface area contributed by atoms with Gasteiger partial charge in [0.05, 0.1) is 12.8 Å². The molecular weight excluding hydrogens is 320 g/mol. The van der Waals surface area contributed by atoms with Crippen LogP contribution in [0.15, 0.2) is 24.3 Å². The zero-order valence-electron chi connectivity index (χ0n) is 14.5. The van der Waals surface area contributed by atoms with Crippen LogP contribution >= 0.6 is 11.8 Å². The van der Waals surface area contributed by atoms with Crippen molar-refractivity contribution in [2.45, 2.75) is 31.6 Å². The van der Waals surface area contributed by atoms with Crippen LogP contribution in [0.2, 0.25) is 0 Å². The van der Waals surface area contributed by atoms with Crippen LogP contribution < -0.4 is 10.1 Å². The lowest BCUT2D eigenvalue weighted by Gasteiger charge is -2.14. The van der Waals surface area contributed by atoms with Crippen LogP contribution in [0.25, 0.3) is 5.69 Å². The van der Waals surface area contributed by atoms with E-state index in [1.165, 1.54) is 12.8 Å². The number of hydrogen-bond donors (Lipinski definition) is 1. The number of aryl methyl sites for hydroxylation is 1. The monoisotopic (exact) mass is 346 g/mol. The third-order valence-corrected chi connectivity index (χ3v) is 5.08. The van der Waals surface area contributed by atoms with E-state index < -0.39 is 0 Å². The topological polar surface area (TPSA) is 52.0 Å². The smallest absolute Gasteiger partial charge is 0.152 e. The lowest BCUT2D eigenvalue weighted by Crippen LogP contribution is -2.14. The van der Waals surface area contributed by atoms with Crippen LogP contribution in [0.4, 0.5) is 0 Å². The van der Waals surface area contributed by atoms with Gasteiger partial charge in [-0.1, -0.05) is 0 Å². The molecule has 1 aromatic heterocycles. The summed E-state index contributed by atoms with van der Waals surface area (Å²) in [4.78, 5) is 4.91. The standard InChI is InChI=1S/C18H26N4OS/c1-23-16-7-5-15(6-8-16)22-18(14-4-3-11-19-12-9-14)20-17(21-22)10-13-24-2/h5-8,14,19H,3-4,9-13H2,1-2H3/t14-/m0/s1. The molecule has 0 saturated carbocycles. The normalized spacial score (nSPS) is 18.3. The first kappa shape index (κ1) is 17.3. The average molecular weight is 347 g/mol. The van der Waals surface area contributed by atoms with Gasteiger partial charge >= 0.3 is 0 Å². The Morgan fingerprint density at radius 2 is 2.08 bits per heavy atom. The number of hydrogen-bond acceptors (Lipinski definition) is 5. The molecule has 0 aliphatic carbocycles. The molecule has 0 amide bonds. The second-order valence-electron chi connectivity index (χ2n) is 6.12. The minimum atomic E-state index is 0.470. The Hall–Kier alpha value is -1.53. The molecule has 0 bridgehead atoms. The lowest BCUT2D eigenvalue weighted by molar-refractivity contribution is 0.414. The third kappa shape index (κ3) is 4.11. The summed E-state index contributed by atoms with van der Waals surface area (Å²) >= 11 is 1.84. The van der Waals surface area contributed by atoms with E-state index in [0.29, 0.717) is 5.92 Å². The molecular formula is C18H26N4OS. The number of nitrogens with one attached hydrogen (secondary N) is 1. The van der Waals surface area contributed by atoms with Crippen molar-refractivity contribution in [1.82, 2.24) is 20.1 Å². The van der Waals surface area contributed by atoms with Gasteiger partial charge in [-0.25, -0.2) is 9.67 Å². The van der Waals surface area contributed by atoms with E-state index in [0.717, 1.165) is 54.8 Å². The minimum Gasteiger partial charge on any atom is -0.497 e. The number of thioether (sulfide) groups is 1. The highest BCUT2D eigenvalue weighted by molar-refractivity contribution is 7.98. The van der Waals surface area contributed by atoms with E-state index in [4.69, 9.17) is 14.8 Å². The molecule has 1 N–H and O–H groups in total. The fourth-order valence-electron chi connectivity index (χ4n) is 3.12. The van der Waals surface area contributed by atoms with E-state index in [1.54, 1.807) is 7.11 Å². The molecule has 0 radical (unpaired) electrons. The summed E-state index contributed by atoms with van der Waals surface area (Å²) in [5, 5.41) is 8.30. The van der Waals surface area contributed by atoms with Crippen LogP contribution in [0.5, 0.6) is 5.75 Å². The highest BCUT2D eigenvalue weighted by atomic mass is 32.2. The number of ether oxygens (including phenoxy) is 1. The highest BCUT2D eigenvalue weighted by Gasteiger charge is 2.22. The molecule has 2 aromatic rings. The molecule has 2 heterocycles. The molecule has 1 saturated heterocycles. The predicted octanol–water partition coefficient (Wildman–Crippen LogP) is 3.04. The van der Waals surface area contributed by atoms with E-state index in [1.807, 2.05) is 28.6 Å². The Kier molecular flexibility index (Phi) is 6.15. The van der Waals surface area contributed by atoms with Crippen molar-refractivity contribution < 1.29 is 4.74 Å². The molecule has 1 aromatic carbocycles. The zero-order chi connectivity index (χ0) is 16.8. The Morgan fingerprint density at radius 1 is 1.25 bits per heavy atom. The second-order valence-corrected chi connectivity index (χ2v) is 7.10. The summed E-state index contributed by atoms with van der Waals surface area (Å²) in [5.74, 6) is 4.45. The van der Waals surface area contributed by atoms with E-state index in [9.17, 15) is 0 Å². The van der Waals surface area contributed by atoms with Gasteiger partial charge in [-0.15, -0.1) is 0 Å². The molecule has 6 heteroatoms. The predicted molar refractivity (Wildman–Crippen MR) is 99.5 cm³/mol. The number of rotatable bonds is 6. The van der Waals surface area contributed by atoms with Crippen molar-refractivity contribution >= 4 is 11.8 Å². The fourth-order valence-corrected chi connectivity index (χ4v) is 3.51. The SMILES string of the molecule is COc1ccc(-n2nc(CCSC)nc2[C@H]2CCCNCC2)cc1. The van der Waals surface area contributed by atoms with Gasteiger partial charge in [-0.05, 0) is 62.9 Å². The molecule has 1 fully saturated rings. The largest absolute Gasteiger partial charge is 0.497 e.